The standard InChI is InChI=1S/C24H18N4O3S/c29-23(30)17-12-10-16(11-13-17)21-25-19-9-5-4-8-18(19)20-22(31-21)26-24(28-27-20)32-14-15-6-2-1-3-7-15/h1-13,21,25H,14H2,(H,29,30)/p-1. The zero-order valence-electron chi connectivity index (χ0n) is 16.8. The highest BCUT2D eigenvalue weighted by Gasteiger charge is 2.26. The van der Waals surface area contributed by atoms with E-state index >= 15 is 0 Å². The van der Waals surface area contributed by atoms with Gasteiger partial charge in [-0.25, -0.2) is 0 Å². The monoisotopic (exact) mass is 441 g/mol. The van der Waals surface area contributed by atoms with Gasteiger partial charge in [0.15, 0.2) is 11.9 Å². The van der Waals surface area contributed by atoms with E-state index in [0.717, 1.165) is 22.4 Å². The fraction of sp³-hybridized carbons (Fsp3) is 0.0833. The summed E-state index contributed by atoms with van der Waals surface area (Å²) in [5.41, 5.74) is 4.21. The Morgan fingerprint density at radius 1 is 0.969 bits per heavy atom. The molecule has 158 valence electrons. The molecule has 32 heavy (non-hydrogen) atoms. The highest BCUT2D eigenvalue weighted by Crippen LogP contribution is 2.39. The summed E-state index contributed by atoms with van der Waals surface area (Å²) in [4.78, 5) is 15.7. The molecule has 1 N–H and O–H groups in total. The molecule has 8 heteroatoms. The van der Waals surface area contributed by atoms with Crippen LogP contribution in [0.25, 0.3) is 11.3 Å². The molecule has 1 aliphatic rings. The summed E-state index contributed by atoms with van der Waals surface area (Å²) in [6.45, 7) is 0. The number of fused-ring (bicyclic) bond motifs is 3. The minimum Gasteiger partial charge on any atom is -0.545 e. The van der Waals surface area contributed by atoms with Gasteiger partial charge >= 0.3 is 0 Å². The van der Waals surface area contributed by atoms with Crippen molar-refractivity contribution in [2.45, 2.75) is 17.1 Å². The van der Waals surface area contributed by atoms with Crippen LogP contribution in [-0.4, -0.2) is 21.2 Å². The Bertz CT molecular complexity index is 1270. The SMILES string of the molecule is O=C([O-])c1ccc(C2Nc3ccccc3-c3nnc(SCc4ccccc4)nc3O2)cc1. The van der Waals surface area contributed by atoms with Gasteiger partial charge in [-0.3, -0.25) is 0 Å². The number of aromatic nitrogens is 3. The van der Waals surface area contributed by atoms with Crippen LogP contribution in [0, 0.1) is 0 Å². The highest BCUT2D eigenvalue weighted by atomic mass is 32.2. The Balaban J connectivity index is 1.48. The van der Waals surface area contributed by atoms with Crippen molar-refractivity contribution in [3.63, 3.8) is 0 Å². The van der Waals surface area contributed by atoms with Crippen molar-refractivity contribution in [2.24, 2.45) is 0 Å². The van der Waals surface area contributed by atoms with Gasteiger partial charge in [-0.15, -0.1) is 10.2 Å². The lowest BCUT2D eigenvalue weighted by molar-refractivity contribution is -0.255. The van der Waals surface area contributed by atoms with Crippen LogP contribution in [0.2, 0.25) is 0 Å². The summed E-state index contributed by atoms with van der Waals surface area (Å²) in [5.74, 6) is -0.148. The average molecular weight is 441 g/mol. The molecule has 7 nitrogen and oxygen atoms in total. The predicted octanol–water partition coefficient (Wildman–Crippen LogP) is 3.70. The van der Waals surface area contributed by atoms with Crippen molar-refractivity contribution in [3.05, 3.63) is 95.6 Å². The van der Waals surface area contributed by atoms with Crippen LogP contribution >= 0.6 is 11.8 Å². The minimum atomic E-state index is -1.22. The molecule has 1 aromatic heterocycles. The molecule has 0 spiro atoms. The van der Waals surface area contributed by atoms with Crippen molar-refractivity contribution < 1.29 is 14.6 Å². The summed E-state index contributed by atoms with van der Waals surface area (Å²) in [6, 6.07) is 24.1. The highest BCUT2D eigenvalue weighted by molar-refractivity contribution is 7.98. The molecule has 3 aromatic carbocycles. The zero-order valence-corrected chi connectivity index (χ0v) is 17.6. The number of carbonyl (C=O) groups is 1. The average Bonchev–Trinajstić information content (AvgIpc) is 3.00. The fourth-order valence-electron chi connectivity index (χ4n) is 3.38. The second-order valence-corrected chi connectivity index (χ2v) is 8.06. The fourth-order valence-corrected chi connectivity index (χ4v) is 4.11. The van der Waals surface area contributed by atoms with E-state index in [1.54, 1.807) is 12.1 Å². The molecule has 2 heterocycles. The number of benzene rings is 3. The molecule has 0 aliphatic carbocycles. The first-order chi connectivity index (χ1) is 15.7. The smallest absolute Gasteiger partial charge is 0.247 e. The van der Waals surface area contributed by atoms with Gasteiger partial charge in [0.25, 0.3) is 0 Å². The maximum absolute atomic E-state index is 11.1. The number of ether oxygens (including phenoxy) is 1. The third kappa shape index (κ3) is 4.13. The number of thioether (sulfide) groups is 1. The van der Waals surface area contributed by atoms with Gasteiger partial charge in [-0.1, -0.05) is 84.6 Å². The lowest BCUT2D eigenvalue weighted by Gasteiger charge is -2.19. The van der Waals surface area contributed by atoms with Crippen LogP contribution < -0.4 is 15.2 Å². The number of para-hydroxylation sites is 1. The van der Waals surface area contributed by atoms with Crippen molar-refractivity contribution in [1.29, 1.82) is 0 Å². The molecule has 0 saturated heterocycles. The second-order valence-electron chi connectivity index (χ2n) is 7.12. The third-order valence-corrected chi connectivity index (χ3v) is 5.90. The Morgan fingerprint density at radius 2 is 1.72 bits per heavy atom. The molecule has 0 bridgehead atoms. The number of carboxylic acid groups (broad SMARTS) is 1. The summed E-state index contributed by atoms with van der Waals surface area (Å²) in [5, 5.41) is 23.7. The van der Waals surface area contributed by atoms with Crippen molar-refractivity contribution in [1.82, 2.24) is 15.2 Å². The van der Waals surface area contributed by atoms with Crippen molar-refractivity contribution >= 4 is 23.4 Å². The number of anilines is 1. The number of rotatable bonds is 5. The molecule has 1 unspecified atom stereocenters. The molecular weight excluding hydrogens is 424 g/mol. The molecule has 0 fully saturated rings. The van der Waals surface area contributed by atoms with Gasteiger partial charge < -0.3 is 20.0 Å². The Labute approximate surface area is 188 Å². The van der Waals surface area contributed by atoms with E-state index in [2.05, 4.69) is 20.5 Å². The summed E-state index contributed by atoms with van der Waals surface area (Å²) >= 11 is 1.48. The second kappa shape index (κ2) is 8.68. The van der Waals surface area contributed by atoms with Gasteiger partial charge in [-0.2, -0.15) is 4.98 Å². The topological polar surface area (TPSA) is 100 Å². The molecule has 0 amide bonds. The van der Waals surface area contributed by atoms with Gasteiger partial charge in [0, 0.05) is 22.6 Å². The maximum atomic E-state index is 11.1. The first-order valence-corrected chi connectivity index (χ1v) is 10.9. The van der Waals surface area contributed by atoms with Crippen molar-refractivity contribution in [3.8, 4) is 17.1 Å². The summed E-state index contributed by atoms with van der Waals surface area (Å²) in [6.07, 6.45) is -0.586. The number of hydrogen-bond acceptors (Lipinski definition) is 8. The van der Waals surface area contributed by atoms with E-state index in [1.165, 1.54) is 23.9 Å². The number of carbonyl (C=O) groups excluding carboxylic acids is 1. The lowest BCUT2D eigenvalue weighted by atomic mass is 10.1. The molecule has 0 saturated carbocycles. The van der Waals surface area contributed by atoms with Crippen LogP contribution in [0.4, 0.5) is 5.69 Å². The van der Waals surface area contributed by atoms with Crippen LogP contribution in [0.3, 0.4) is 0 Å². The summed E-state index contributed by atoms with van der Waals surface area (Å²) < 4.78 is 6.22. The molecule has 5 rings (SSSR count). The van der Waals surface area contributed by atoms with Gasteiger partial charge in [0.05, 0.1) is 5.97 Å². The van der Waals surface area contributed by atoms with Gasteiger partial charge in [0.2, 0.25) is 11.0 Å². The predicted molar refractivity (Wildman–Crippen MR) is 119 cm³/mol. The lowest BCUT2D eigenvalue weighted by Crippen LogP contribution is -2.22. The Hall–Kier alpha value is -3.91. The largest absolute Gasteiger partial charge is 0.545 e. The number of hydrogen-bond donors (Lipinski definition) is 1. The molecule has 1 aliphatic heterocycles. The van der Waals surface area contributed by atoms with Gasteiger partial charge in [0.1, 0.15) is 0 Å². The molecular formula is C24H17N4O3S-. The van der Waals surface area contributed by atoms with Crippen LogP contribution in [0.5, 0.6) is 5.88 Å². The van der Waals surface area contributed by atoms with E-state index in [1.807, 2.05) is 54.6 Å². The van der Waals surface area contributed by atoms with E-state index in [4.69, 9.17) is 4.74 Å². The number of nitrogens with zero attached hydrogens (tertiary/aromatic N) is 3. The maximum Gasteiger partial charge on any atom is 0.247 e. The van der Waals surface area contributed by atoms with E-state index in [9.17, 15) is 9.90 Å². The quantitative estimate of drug-likeness (QED) is 0.468. The Kier molecular flexibility index (Phi) is 5.43. The van der Waals surface area contributed by atoms with E-state index in [-0.39, 0.29) is 5.56 Å². The first kappa shape index (κ1) is 20.0. The van der Waals surface area contributed by atoms with Crippen LogP contribution in [0.1, 0.15) is 27.7 Å². The minimum absolute atomic E-state index is 0.103. The van der Waals surface area contributed by atoms with Gasteiger partial charge in [-0.05, 0) is 17.2 Å². The third-order valence-electron chi connectivity index (χ3n) is 4.99. The Morgan fingerprint density at radius 3 is 2.50 bits per heavy atom. The first-order valence-electron chi connectivity index (χ1n) is 9.93. The molecule has 0 radical (unpaired) electrons. The number of carboxylic acids is 1. The molecule has 1 atom stereocenters. The van der Waals surface area contributed by atoms with Crippen molar-refractivity contribution in [2.75, 3.05) is 5.32 Å². The van der Waals surface area contributed by atoms with E-state index < -0.39 is 12.2 Å². The number of nitrogens with one attached hydrogen (secondary N) is 1. The molecule has 4 aromatic rings. The van der Waals surface area contributed by atoms with Crippen LogP contribution in [0.15, 0.2) is 84.0 Å². The zero-order chi connectivity index (χ0) is 21.9. The van der Waals surface area contributed by atoms with Crippen LogP contribution in [-0.2, 0) is 5.75 Å². The summed E-state index contributed by atoms with van der Waals surface area (Å²) in [7, 11) is 0. The van der Waals surface area contributed by atoms with E-state index in [0.29, 0.717) is 22.5 Å². The normalized spacial score (nSPS) is 14.3. The number of aromatic carboxylic acids is 1.